The maximum Gasteiger partial charge on any atom is 2.00 e. The van der Waals surface area contributed by atoms with Crippen LogP contribution in [0.5, 0.6) is 0 Å². The van der Waals surface area contributed by atoms with E-state index in [1.807, 2.05) is 0 Å². The van der Waals surface area contributed by atoms with Crippen LogP contribution < -0.4 is 21.7 Å². The Hall–Kier alpha value is -0.851. The van der Waals surface area contributed by atoms with Crippen LogP contribution in [0.15, 0.2) is 0 Å². The average molecular weight is 230 g/mol. The first-order valence-corrected chi connectivity index (χ1v) is 2.13. The van der Waals surface area contributed by atoms with Crippen molar-refractivity contribution in [3.63, 3.8) is 0 Å². The minimum atomic E-state index is -0.500. The van der Waals surface area contributed by atoms with Gasteiger partial charge in [-0.1, -0.05) is 0 Å². The Labute approximate surface area is 79.0 Å². The molecular formula is C3H6CuN2O4S. The standard InChI is InChI=1S/CH4N2S.2CH2O2.Cu/c2-1(3)4;2*2-1-3;/h(H4,2,3,4);2*1H,(H,2,3);/q;;;+2/p-2. The average Bonchev–Trinajstić information content (AvgIpc) is 1.65. The molecule has 0 aromatic rings. The van der Waals surface area contributed by atoms with E-state index in [0.717, 1.165) is 0 Å². The van der Waals surface area contributed by atoms with E-state index < -0.39 is 12.9 Å². The molecule has 1 radical (unpaired) electrons. The normalized spacial score (nSPS) is 4.36. The van der Waals surface area contributed by atoms with Gasteiger partial charge in [-0.25, -0.2) is 0 Å². The van der Waals surface area contributed by atoms with Gasteiger partial charge >= 0.3 is 17.1 Å². The largest absolute Gasteiger partial charge is 2.00 e. The Kier molecular flexibility index (Phi) is 72.1. The van der Waals surface area contributed by atoms with Gasteiger partial charge in [-0.2, -0.15) is 0 Å². The number of hydrogen-bond donors (Lipinski definition) is 2. The van der Waals surface area contributed by atoms with Crippen molar-refractivity contribution in [2.45, 2.75) is 0 Å². The monoisotopic (exact) mass is 229 g/mol. The molecule has 0 aliphatic heterocycles. The van der Waals surface area contributed by atoms with Crippen molar-refractivity contribution >= 4 is 30.3 Å². The predicted octanol–water partition coefficient (Wildman–Crippen LogP) is -4.08. The summed E-state index contributed by atoms with van der Waals surface area (Å²) >= 11 is 4.09. The quantitative estimate of drug-likeness (QED) is 0.245. The molecule has 0 aliphatic carbocycles. The molecule has 6 nitrogen and oxygen atoms in total. The maximum atomic E-state index is 8.25. The predicted molar refractivity (Wildman–Crippen MR) is 33.1 cm³/mol. The summed E-state index contributed by atoms with van der Waals surface area (Å²) in [5.74, 6) is 0. The molecule has 0 spiro atoms. The number of carboxylic acid groups (broad SMARTS) is 2. The molecule has 0 aliphatic rings. The molecule has 4 N–H and O–H groups in total. The van der Waals surface area contributed by atoms with Crippen molar-refractivity contribution in [2.24, 2.45) is 11.5 Å². The zero-order valence-electron chi connectivity index (χ0n) is 5.15. The van der Waals surface area contributed by atoms with Crippen LogP contribution in [0.3, 0.4) is 0 Å². The van der Waals surface area contributed by atoms with Crippen molar-refractivity contribution < 1.29 is 36.9 Å². The van der Waals surface area contributed by atoms with E-state index in [2.05, 4.69) is 23.7 Å². The molecule has 11 heavy (non-hydrogen) atoms. The fourth-order valence-corrected chi connectivity index (χ4v) is 0. The van der Waals surface area contributed by atoms with Crippen molar-refractivity contribution in [1.29, 1.82) is 0 Å². The second-order valence-electron chi connectivity index (χ2n) is 0.595. The molecule has 0 rings (SSSR count). The second-order valence-corrected chi connectivity index (χ2v) is 1.07. The molecule has 0 aromatic carbocycles. The van der Waals surface area contributed by atoms with Crippen LogP contribution in [0, 0.1) is 0 Å². The van der Waals surface area contributed by atoms with Crippen LogP contribution in [-0.4, -0.2) is 18.1 Å². The third kappa shape index (κ3) is 647. The summed E-state index contributed by atoms with van der Waals surface area (Å²) < 4.78 is 0. The van der Waals surface area contributed by atoms with Crippen molar-refractivity contribution in [3.05, 3.63) is 0 Å². The number of thiocarbonyl (C=S) groups is 1. The number of hydrogen-bond acceptors (Lipinski definition) is 5. The Morgan fingerprint density at radius 1 is 1.18 bits per heavy atom. The van der Waals surface area contributed by atoms with E-state index >= 15 is 0 Å². The molecule has 0 fully saturated rings. The van der Waals surface area contributed by atoms with Crippen LogP contribution in [0.4, 0.5) is 0 Å². The van der Waals surface area contributed by atoms with Gasteiger partial charge in [0.2, 0.25) is 0 Å². The minimum absolute atomic E-state index is 0. The molecule has 0 aromatic heterocycles. The van der Waals surface area contributed by atoms with Crippen molar-refractivity contribution in [1.82, 2.24) is 0 Å². The third-order valence-electron chi connectivity index (χ3n) is 0. The Morgan fingerprint density at radius 2 is 1.18 bits per heavy atom. The van der Waals surface area contributed by atoms with Crippen LogP contribution in [0.2, 0.25) is 0 Å². The second kappa shape index (κ2) is 35.3. The summed E-state index contributed by atoms with van der Waals surface area (Å²) in [6.45, 7) is -1.00. The molecule has 0 atom stereocenters. The zero-order chi connectivity index (χ0) is 8.99. The van der Waals surface area contributed by atoms with Gasteiger partial charge in [-0.15, -0.1) is 0 Å². The van der Waals surface area contributed by atoms with Gasteiger partial charge in [-0.3, -0.25) is 0 Å². The van der Waals surface area contributed by atoms with E-state index in [-0.39, 0.29) is 22.2 Å². The third-order valence-corrected chi connectivity index (χ3v) is 0. The summed E-state index contributed by atoms with van der Waals surface area (Å²) in [4.78, 5) is 16.5. The van der Waals surface area contributed by atoms with Crippen LogP contribution >= 0.6 is 12.2 Å². The van der Waals surface area contributed by atoms with Gasteiger partial charge in [-0.05, 0) is 12.2 Å². The van der Waals surface area contributed by atoms with Crippen molar-refractivity contribution in [3.8, 4) is 0 Å². The van der Waals surface area contributed by atoms with Gasteiger partial charge in [0.05, 0.1) is 0 Å². The Morgan fingerprint density at radius 3 is 1.18 bits per heavy atom. The summed E-state index contributed by atoms with van der Waals surface area (Å²) in [5.41, 5.74) is 9.24. The summed E-state index contributed by atoms with van der Waals surface area (Å²) in [7, 11) is 0. The Balaban J connectivity index is -0.0000000325. The van der Waals surface area contributed by atoms with E-state index in [9.17, 15) is 0 Å². The summed E-state index contributed by atoms with van der Waals surface area (Å²) in [5, 5.41) is 16.5. The van der Waals surface area contributed by atoms with Gasteiger partial charge in [0, 0.05) is 12.9 Å². The summed E-state index contributed by atoms with van der Waals surface area (Å²) in [6.07, 6.45) is 0. The van der Waals surface area contributed by atoms with Gasteiger partial charge in [0.1, 0.15) is 0 Å². The molecule has 0 saturated heterocycles. The van der Waals surface area contributed by atoms with Crippen molar-refractivity contribution in [2.75, 3.05) is 0 Å². The zero-order valence-corrected chi connectivity index (χ0v) is 6.91. The molecule has 0 saturated carbocycles. The van der Waals surface area contributed by atoms with E-state index in [1.54, 1.807) is 0 Å². The SMILES string of the molecule is NC(N)=S.O=C[O-].O=C[O-].[Cu+2]. The summed E-state index contributed by atoms with van der Waals surface area (Å²) in [6, 6.07) is 0. The fraction of sp³-hybridized carbons (Fsp3) is 0. The minimum Gasteiger partial charge on any atom is -0.554 e. The van der Waals surface area contributed by atoms with Gasteiger partial charge < -0.3 is 31.3 Å². The fourth-order valence-electron chi connectivity index (χ4n) is 0. The van der Waals surface area contributed by atoms with Crippen LogP contribution in [0.25, 0.3) is 0 Å². The maximum absolute atomic E-state index is 8.25. The van der Waals surface area contributed by atoms with Gasteiger partial charge in [0.15, 0.2) is 5.11 Å². The Bertz CT molecular complexity index is 91.3. The van der Waals surface area contributed by atoms with E-state index in [4.69, 9.17) is 19.8 Å². The number of carbonyl (C=O) groups excluding carboxylic acids is 2. The molecule has 0 amide bonds. The first-order valence-electron chi connectivity index (χ1n) is 1.72. The number of nitrogens with two attached hydrogens (primary N) is 2. The topological polar surface area (TPSA) is 132 Å². The molecular weight excluding hydrogens is 224 g/mol. The van der Waals surface area contributed by atoms with Crippen LogP contribution in [-0.2, 0) is 26.7 Å². The molecule has 8 heteroatoms. The molecule has 0 heterocycles. The van der Waals surface area contributed by atoms with Crippen LogP contribution in [0.1, 0.15) is 0 Å². The smallest absolute Gasteiger partial charge is 0.554 e. The number of rotatable bonds is 0. The first kappa shape index (κ1) is 22.5. The number of carbonyl (C=O) groups is 2. The molecule has 0 unspecified atom stereocenters. The van der Waals surface area contributed by atoms with E-state index in [0.29, 0.717) is 0 Å². The molecule has 0 bridgehead atoms. The van der Waals surface area contributed by atoms with Gasteiger partial charge in [0.25, 0.3) is 0 Å². The van der Waals surface area contributed by atoms with E-state index in [1.165, 1.54) is 0 Å². The first-order chi connectivity index (χ1) is 4.56. The molecule has 69 valence electrons.